The average Bonchev–Trinajstić information content (AvgIpc) is 3.10. The minimum atomic E-state index is -4.15. The van der Waals surface area contributed by atoms with Gasteiger partial charge in [0.1, 0.15) is 16.8 Å². The van der Waals surface area contributed by atoms with Crippen molar-refractivity contribution < 1.29 is 17.6 Å². The molecule has 1 heterocycles. The molecule has 8 nitrogen and oxygen atoms in total. The van der Waals surface area contributed by atoms with Crippen LogP contribution in [0.5, 0.6) is 0 Å². The van der Waals surface area contributed by atoms with Crippen molar-refractivity contribution in [1.82, 2.24) is 9.78 Å². The fourth-order valence-corrected chi connectivity index (χ4v) is 3.30. The van der Waals surface area contributed by atoms with E-state index in [0.29, 0.717) is 5.56 Å². The highest BCUT2D eigenvalue weighted by atomic mass is 32.2. The van der Waals surface area contributed by atoms with Crippen LogP contribution in [0.4, 0.5) is 10.1 Å². The van der Waals surface area contributed by atoms with E-state index in [1.165, 1.54) is 53.5 Å². The minimum absolute atomic E-state index is 0.0884. The molecule has 0 radical (unpaired) electrons. The molecule has 0 fully saturated rings. The van der Waals surface area contributed by atoms with E-state index in [9.17, 15) is 17.6 Å². The number of nitrogens with one attached hydrogen (secondary N) is 1. The van der Waals surface area contributed by atoms with E-state index in [4.69, 9.17) is 10.4 Å². The summed E-state index contributed by atoms with van der Waals surface area (Å²) < 4.78 is 38.4. The van der Waals surface area contributed by atoms with Gasteiger partial charge in [0.25, 0.3) is 0 Å². The molecule has 0 bridgehead atoms. The number of rotatable bonds is 5. The molecule has 3 rings (SSSR count). The lowest BCUT2D eigenvalue weighted by Gasteiger charge is -2.11. The van der Waals surface area contributed by atoms with Crippen LogP contribution in [0.1, 0.15) is 11.1 Å². The lowest BCUT2D eigenvalue weighted by molar-refractivity contribution is -0.115. The fourth-order valence-electron chi connectivity index (χ4n) is 2.56. The molecule has 0 aliphatic carbocycles. The number of halogens is 1. The van der Waals surface area contributed by atoms with Gasteiger partial charge in [-0.3, -0.25) is 4.79 Å². The maximum absolute atomic E-state index is 13.2. The number of anilines is 1. The van der Waals surface area contributed by atoms with Crippen molar-refractivity contribution in [1.29, 1.82) is 5.26 Å². The zero-order chi connectivity index (χ0) is 20.3. The summed E-state index contributed by atoms with van der Waals surface area (Å²) in [4.78, 5) is 11.9. The number of amides is 1. The van der Waals surface area contributed by atoms with Crippen molar-refractivity contribution in [3.05, 3.63) is 71.8 Å². The maximum atomic E-state index is 13.2. The van der Waals surface area contributed by atoms with E-state index in [1.54, 1.807) is 6.07 Å². The number of nitrogens with zero attached hydrogens (tertiary/aromatic N) is 3. The van der Waals surface area contributed by atoms with Gasteiger partial charge in [-0.2, -0.15) is 10.4 Å². The molecule has 0 atom stereocenters. The monoisotopic (exact) mass is 399 g/mol. The van der Waals surface area contributed by atoms with Gasteiger partial charge in [0.2, 0.25) is 15.9 Å². The first kappa shape index (κ1) is 19.2. The Morgan fingerprint density at radius 2 is 2.07 bits per heavy atom. The van der Waals surface area contributed by atoms with Crippen molar-refractivity contribution in [2.24, 2.45) is 5.14 Å². The smallest absolute Gasteiger partial charge is 0.240 e. The lowest BCUT2D eigenvalue weighted by atomic mass is 10.1. The molecule has 3 N–H and O–H groups in total. The van der Waals surface area contributed by atoms with Gasteiger partial charge < -0.3 is 5.32 Å². The zero-order valence-electron chi connectivity index (χ0n) is 14.3. The molecule has 0 unspecified atom stereocenters. The molecule has 10 heteroatoms. The topological polar surface area (TPSA) is 131 Å². The molecule has 0 saturated carbocycles. The van der Waals surface area contributed by atoms with Crippen LogP contribution in [0.15, 0.2) is 59.8 Å². The Kier molecular flexibility index (Phi) is 5.21. The third-order valence-corrected chi connectivity index (χ3v) is 4.70. The van der Waals surface area contributed by atoms with Gasteiger partial charge in [-0.1, -0.05) is 12.1 Å². The van der Waals surface area contributed by atoms with Gasteiger partial charge >= 0.3 is 0 Å². The Labute approximate surface area is 160 Å². The average molecular weight is 399 g/mol. The molecule has 2 aromatic carbocycles. The van der Waals surface area contributed by atoms with Gasteiger partial charge in [-0.05, 0) is 35.9 Å². The highest BCUT2D eigenvalue weighted by molar-refractivity contribution is 7.89. The van der Waals surface area contributed by atoms with Gasteiger partial charge in [-0.25, -0.2) is 22.6 Å². The van der Waals surface area contributed by atoms with Crippen LogP contribution in [0.3, 0.4) is 0 Å². The molecule has 142 valence electrons. The van der Waals surface area contributed by atoms with Crippen molar-refractivity contribution in [2.75, 3.05) is 5.32 Å². The van der Waals surface area contributed by atoms with Crippen molar-refractivity contribution in [3.8, 4) is 11.8 Å². The van der Waals surface area contributed by atoms with E-state index in [-0.39, 0.29) is 28.3 Å². The molecule has 1 amide bonds. The maximum Gasteiger partial charge on any atom is 0.240 e. The highest BCUT2D eigenvalue weighted by Gasteiger charge is 2.18. The molecule has 0 saturated heterocycles. The molecule has 3 aromatic rings. The summed E-state index contributed by atoms with van der Waals surface area (Å²) >= 11 is 0. The lowest BCUT2D eigenvalue weighted by Crippen LogP contribution is -2.18. The van der Waals surface area contributed by atoms with E-state index in [1.807, 2.05) is 6.07 Å². The number of hydrogen-bond donors (Lipinski definition) is 2. The summed E-state index contributed by atoms with van der Waals surface area (Å²) in [5.74, 6) is -0.910. The number of hydrogen-bond acceptors (Lipinski definition) is 5. The molecule has 0 spiro atoms. The first-order chi connectivity index (χ1) is 13.3. The van der Waals surface area contributed by atoms with Crippen LogP contribution >= 0.6 is 0 Å². The SMILES string of the molecule is N#Cc1cnn(-c2ccc(NC(=O)Cc3cccc(F)c3)cc2S(N)(=O)=O)c1. The van der Waals surface area contributed by atoms with Crippen LogP contribution in [-0.4, -0.2) is 24.1 Å². The van der Waals surface area contributed by atoms with E-state index >= 15 is 0 Å². The number of primary sulfonamides is 1. The van der Waals surface area contributed by atoms with Crippen molar-refractivity contribution in [2.45, 2.75) is 11.3 Å². The van der Waals surface area contributed by atoms with Crippen molar-refractivity contribution in [3.63, 3.8) is 0 Å². The molecule has 1 aromatic heterocycles. The summed E-state index contributed by atoms with van der Waals surface area (Å²) in [6, 6.07) is 11.6. The fraction of sp³-hybridized carbons (Fsp3) is 0.0556. The number of aromatic nitrogens is 2. The normalized spacial score (nSPS) is 11.0. The predicted octanol–water partition coefficient (Wildman–Crippen LogP) is 1.71. The van der Waals surface area contributed by atoms with Gasteiger partial charge in [0, 0.05) is 11.9 Å². The largest absolute Gasteiger partial charge is 0.326 e. The molecule has 28 heavy (non-hydrogen) atoms. The van der Waals surface area contributed by atoms with Crippen LogP contribution in [0.2, 0.25) is 0 Å². The quantitative estimate of drug-likeness (QED) is 0.674. The summed E-state index contributed by atoms with van der Waals surface area (Å²) in [7, 11) is -4.15. The molecule has 0 aliphatic rings. The summed E-state index contributed by atoms with van der Waals surface area (Å²) in [5.41, 5.74) is 1.04. The third-order valence-electron chi connectivity index (χ3n) is 3.76. The summed E-state index contributed by atoms with van der Waals surface area (Å²) in [6.07, 6.45) is 2.54. The third kappa shape index (κ3) is 4.40. The molecule has 0 aliphatic heterocycles. The Morgan fingerprint density at radius 1 is 1.29 bits per heavy atom. The van der Waals surface area contributed by atoms with Crippen LogP contribution in [-0.2, 0) is 21.2 Å². The standard InChI is InChI=1S/C18H14FN5O3S/c19-14-3-1-2-12(6-14)7-18(25)23-15-4-5-16(17(8-15)28(21,26)27)24-11-13(9-20)10-22-24/h1-6,8,10-11H,7H2,(H,23,25)(H2,21,26,27). The number of sulfonamides is 1. The Balaban J connectivity index is 1.89. The number of carbonyl (C=O) groups excluding carboxylic acids is 1. The van der Waals surface area contributed by atoms with E-state index in [2.05, 4.69) is 10.4 Å². The minimum Gasteiger partial charge on any atom is -0.326 e. The predicted molar refractivity (Wildman–Crippen MR) is 98.4 cm³/mol. The molecular weight excluding hydrogens is 385 g/mol. The van der Waals surface area contributed by atoms with E-state index < -0.39 is 21.7 Å². The Morgan fingerprint density at radius 3 is 2.71 bits per heavy atom. The Bertz CT molecular complexity index is 1200. The Hall–Kier alpha value is -3.55. The number of nitrogens with two attached hydrogens (primary N) is 1. The number of carbonyl (C=O) groups is 1. The molecular formula is C18H14FN5O3S. The summed E-state index contributed by atoms with van der Waals surface area (Å²) in [5, 5.41) is 20.7. The van der Waals surface area contributed by atoms with Crippen LogP contribution < -0.4 is 10.5 Å². The van der Waals surface area contributed by atoms with Gasteiger partial charge in [0.05, 0.1) is 23.9 Å². The second-order valence-corrected chi connectivity index (χ2v) is 7.40. The second kappa shape index (κ2) is 7.59. The van der Waals surface area contributed by atoms with Crippen LogP contribution in [0, 0.1) is 17.1 Å². The number of benzene rings is 2. The zero-order valence-corrected chi connectivity index (χ0v) is 15.1. The number of nitriles is 1. The van der Waals surface area contributed by atoms with Crippen molar-refractivity contribution >= 4 is 21.6 Å². The van der Waals surface area contributed by atoms with E-state index in [0.717, 1.165) is 0 Å². The highest BCUT2D eigenvalue weighted by Crippen LogP contribution is 2.23. The first-order valence-electron chi connectivity index (χ1n) is 7.92. The van der Waals surface area contributed by atoms with Gasteiger partial charge in [-0.15, -0.1) is 0 Å². The summed E-state index contributed by atoms with van der Waals surface area (Å²) in [6.45, 7) is 0. The van der Waals surface area contributed by atoms with Crippen LogP contribution in [0.25, 0.3) is 5.69 Å². The first-order valence-corrected chi connectivity index (χ1v) is 9.47. The second-order valence-electron chi connectivity index (χ2n) is 5.87. The van der Waals surface area contributed by atoms with Gasteiger partial charge in [0.15, 0.2) is 0 Å².